The van der Waals surface area contributed by atoms with E-state index in [2.05, 4.69) is 36.6 Å². The molecule has 2 amide bonds. The number of carbonyl (C=O) groups is 6. The Balaban J connectivity index is 3.90. The third kappa shape index (κ3) is 48.1. The van der Waals surface area contributed by atoms with Crippen LogP contribution in [0.3, 0.4) is 0 Å². The Morgan fingerprint density at radius 1 is 0.449 bits per heavy atom. The van der Waals surface area contributed by atoms with Crippen molar-refractivity contribution in [1.82, 2.24) is 10.6 Å². The molecule has 0 spiro atoms. The Bertz CT molecular complexity index is 1510. The monoisotopic (exact) mass is 1110 g/mol. The number of hydrogen-bond acceptors (Lipinski definition) is 12. The molecule has 0 aliphatic carbocycles. The van der Waals surface area contributed by atoms with Gasteiger partial charge in [-0.25, -0.2) is 9.59 Å². The van der Waals surface area contributed by atoms with Gasteiger partial charge in [-0.15, -0.1) is 0 Å². The van der Waals surface area contributed by atoms with Gasteiger partial charge < -0.3 is 48.8 Å². The highest BCUT2D eigenvalue weighted by Gasteiger charge is 2.29. The number of rotatable bonds is 53. The molecule has 78 heavy (non-hydrogen) atoms. The van der Waals surface area contributed by atoms with Gasteiger partial charge in [0.15, 0.2) is 13.1 Å². The lowest BCUT2D eigenvalue weighted by Crippen LogP contribution is -2.47. The van der Waals surface area contributed by atoms with E-state index in [1.165, 1.54) is 39.5 Å². The van der Waals surface area contributed by atoms with E-state index in [-0.39, 0.29) is 62.0 Å². The van der Waals surface area contributed by atoms with Crippen LogP contribution in [-0.4, -0.2) is 160 Å². The third-order valence-corrected chi connectivity index (χ3v) is 14.1. The molecule has 454 valence electrons. The largest absolute Gasteiger partial charge is 0.460 e. The topological polar surface area (TPSA) is 204 Å². The Hall–Kier alpha value is -3.86. The molecule has 16 heteroatoms. The number of aliphatic hydroxyl groups excluding tert-OH is 2. The molecule has 0 heterocycles. The number of esters is 4. The minimum absolute atomic E-state index is 0.133. The first-order valence-electron chi connectivity index (χ1n) is 30.8. The number of hydrogen-bond donors (Lipinski definition) is 4. The number of quaternary nitrogens is 2. The number of allylic oxidation sites excluding steroid dienone is 2. The van der Waals surface area contributed by atoms with Gasteiger partial charge >= 0.3 is 23.9 Å². The summed E-state index contributed by atoms with van der Waals surface area (Å²) in [6.45, 7) is 10.2. The molecular formula is C62H116N4O12+2. The zero-order valence-electron chi connectivity index (χ0n) is 50.8. The second-order valence-corrected chi connectivity index (χ2v) is 23.1. The molecule has 16 nitrogen and oxygen atoms in total. The van der Waals surface area contributed by atoms with Gasteiger partial charge in [-0.2, -0.15) is 0 Å². The molecule has 0 bridgehead atoms. The lowest BCUT2D eigenvalue weighted by Gasteiger charge is -2.30. The van der Waals surface area contributed by atoms with Crippen molar-refractivity contribution in [2.24, 2.45) is 0 Å². The van der Waals surface area contributed by atoms with E-state index >= 15 is 0 Å². The van der Waals surface area contributed by atoms with Gasteiger partial charge in [0.05, 0.1) is 40.4 Å². The lowest BCUT2D eigenvalue weighted by molar-refractivity contribution is -0.883. The molecule has 0 aromatic rings. The molecule has 0 aliphatic heterocycles. The average Bonchev–Trinajstić information content (AvgIpc) is 3.36. The molecule has 4 N–H and O–H groups in total. The molecule has 0 saturated heterocycles. The third-order valence-electron chi connectivity index (χ3n) is 14.1. The van der Waals surface area contributed by atoms with Gasteiger partial charge in [0.1, 0.15) is 38.5 Å². The fourth-order valence-electron chi connectivity index (χ4n) is 9.10. The summed E-state index contributed by atoms with van der Waals surface area (Å²) in [5.74, 6) is -1.11. The molecule has 0 aromatic carbocycles. The number of likely N-dealkylation sites (N-methyl/N-ethyl adjacent to an activating group) is 2. The number of ether oxygens (including phenoxy) is 4. The van der Waals surface area contributed by atoms with Gasteiger partial charge in [0, 0.05) is 39.8 Å². The lowest BCUT2D eigenvalue weighted by atomic mass is 10.0. The first kappa shape index (κ1) is 74.1. The van der Waals surface area contributed by atoms with Crippen LogP contribution in [0, 0.1) is 0 Å². The Kier molecular flexibility index (Phi) is 46.6. The fourth-order valence-corrected chi connectivity index (χ4v) is 9.10. The van der Waals surface area contributed by atoms with E-state index in [1.807, 2.05) is 40.3 Å². The molecule has 0 saturated carbocycles. The summed E-state index contributed by atoms with van der Waals surface area (Å²) < 4.78 is 22.3. The minimum atomic E-state index is -0.759. The van der Waals surface area contributed by atoms with Crippen molar-refractivity contribution in [2.75, 3.05) is 80.7 Å². The van der Waals surface area contributed by atoms with E-state index in [0.717, 1.165) is 154 Å². The van der Waals surface area contributed by atoms with Crippen molar-refractivity contribution < 1.29 is 66.9 Å². The van der Waals surface area contributed by atoms with Crippen LogP contribution >= 0.6 is 0 Å². The Morgan fingerprint density at radius 3 is 1.13 bits per heavy atom. The normalized spacial score (nSPS) is 13.5. The SMILES string of the molecule is CCCCCC(OC(=O)C[N+](C)(C)CCOC(C)=O)C(O)C/C=C/CCCCCCCC(=O)NCCCCCCCCCCNC(=O)CCCCCCC/C=C/CC(O)C(CCCCC)OC(=O)C[N+](C)(C)CCOC(C)=O. The molecule has 0 rings (SSSR count). The van der Waals surface area contributed by atoms with Crippen LogP contribution in [0.4, 0.5) is 0 Å². The minimum Gasteiger partial charge on any atom is -0.460 e. The Labute approximate surface area is 474 Å². The summed E-state index contributed by atoms with van der Waals surface area (Å²) in [6, 6.07) is 0. The predicted octanol–water partition coefficient (Wildman–Crippen LogP) is 10.7. The van der Waals surface area contributed by atoms with E-state index in [4.69, 9.17) is 18.9 Å². The van der Waals surface area contributed by atoms with Crippen LogP contribution < -0.4 is 10.6 Å². The summed E-state index contributed by atoms with van der Waals surface area (Å²) in [7, 11) is 7.56. The van der Waals surface area contributed by atoms with Gasteiger partial charge in [0.2, 0.25) is 11.8 Å². The van der Waals surface area contributed by atoms with Gasteiger partial charge in [0.25, 0.3) is 0 Å². The summed E-state index contributed by atoms with van der Waals surface area (Å²) >= 11 is 0. The van der Waals surface area contributed by atoms with E-state index in [0.29, 0.717) is 60.6 Å². The Morgan fingerprint density at radius 2 is 0.782 bits per heavy atom. The van der Waals surface area contributed by atoms with Crippen molar-refractivity contribution in [3.8, 4) is 0 Å². The van der Waals surface area contributed by atoms with E-state index < -0.39 is 24.4 Å². The average molecular weight is 1110 g/mol. The standard InChI is InChI=1S/C62H114N4O12/c1-9-11-31-41-57(77-61(73)51-65(5,6)47-49-75-53(3)67)55(69)39-33-25-19-13-15-21-27-35-43-59(71)63-45-37-29-23-17-18-24-30-38-46-64-60(72)44-36-28-22-16-14-20-26-34-40-56(70)58(42-32-12-10-2)78-62(74)52-66(7,8)48-50-76-54(4)68/h25-26,33-34,55-58,69-70H,9-24,27-32,35-52H2,1-8H3/p+2/b33-25+,34-26+. The van der Waals surface area contributed by atoms with Crippen molar-refractivity contribution >= 4 is 35.7 Å². The van der Waals surface area contributed by atoms with Crippen LogP contribution in [0.25, 0.3) is 0 Å². The molecular weight excluding hydrogens is 993 g/mol. The highest BCUT2D eigenvalue weighted by Crippen LogP contribution is 2.18. The second kappa shape index (κ2) is 49.0. The second-order valence-electron chi connectivity index (χ2n) is 23.1. The predicted molar refractivity (Wildman–Crippen MR) is 312 cm³/mol. The van der Waals surface area contributed by atoms with Crippen molar-refractivity contribution in [3.05, 3.63) is 24.3 Å². The molecule has 4 atom stereocenters. The summed E-state index contributed by atoms with van der Waals surface area (Å²) in [5, 5.41) is 28.0. The van der Waals surface area contributed by atoms with E-state index in [1.54, 1.807) is 0 Å². The van der Waals surface area contributed by atoms with Gasteiger partial charge in [-0.1, -0.05) is 141 Å². The maximum absolute atomic E-state index is 12.8. The summed E-state index contributed by atoms with van der Waals surface area (Å²) in [5.41, 5.74) is 0. The van der Waals surface area contributed by atoms with Gasteiger partial charge in [-0.3, -0.25) is 19.2 Å². The highest BCUT2D eigenvalue weighted by molar-refractivity contribution is 5.76. The van der Waals surface area contributed by atoms with Crippen LogP contribution in [0.5, 0.6) is 0 Å². The number of amides is 2. The number of nitrogens with one attached hydrogen (secondary N) is 2. The van der Waals surface area contributed by atoms with Gasteiger partial charge in [-0.05, 0) is 89.9 Å². The van der Waals surface area contributed by atoms with Crippen LogP contribution in [0.2, 0.25) is 0 Å². The smallest absolute Gasteiger partial charge is 0.362 e. The van der Waals surface area contributed by atoms with Crippen molar-refractivity contribution in [1.29, 1.82) is 0 Å². The summed E-state index contributed by atoms with van der Waals surface area (Å²) in [4.78, 5) is 72.4. The number of carbonyl (C=O) groups excluding carboxylic acids is 6. The summed E-state index contributed by atoms with van der Waals surface area (Å²) in [6.07, 6.45) is 36.0. The first-order valence-corrected chi connectivity index (χ1v) is 30.8. The number of nitrogens with zero attached hydrogens (tertiary/aromatic N) is 2. The highest BCUT2D eigenvalue weighted by atomic mass is 16.6. The van der Waals surface area contributed by atoms with Crippen molar-refractivity contribution in [2.45, 2.75) is 258 Å². The molecule has 0 fully saturated rings. The van der Waals surface area contributed by atoms with Crippen LogP contribution in [0.15, 0.2) is 24.3 Å². The maximum Gasteiger partial charge on any atom is 0.362 e. The maximum atomic E-state index is 12.8. The fraction of sp³-hybridized carbons (Fsp3) is 0.839. The number of aliphatic hydroxyl groups is 2. The first-order chi connectivity index (χ1) is 37.3. The molecule has 0 aromatic heterocycles. The number of unbranched alkanes of at least 4 members (excludes halogenated alkanes) is 21. The quantitative estimate of drug-likeness (QED) is 0.0148. The van der Waals surface area contributed by atoms with Crippen molar-refractivity contribution in [3.63, 3.8) is 0 Å². The zero-order valence-corrected chi connectivity index (χ0v) is 50.8. The molecule has 0 radical (unpaired) electrons. The molecule has 0 aliphatic rings. The van der Waals surface area contributed by atoms with Crippen LogP contribution in [0.1, 0.15) is 233 Å². The van der Waals surface area contributed by atoms with E-state index in [9.17, 15) is 39.0 Å². The van der Waals surface area contributed by atoms with Crippen LogP contribution in [-0.2, 0) is 47.7 Å². The molecule has 4 unspecified atom stereocenters. The zero-order chi connectivity index (χ0) is 58.1.